The average molecular weight is 535 g/mol. The summed E-state index contributed by atoms with van der Waals surface area (Å²) >= 11 is 0. The zero-order valence-electron chi connectivity index (χ0n) is 23.9. The van der Waals surface area contributed by atoms with E-state index in [-0.39, 0.29) is 22.5 Å². The molecule has 0 N–H and O–H groups in total. The molecule has 39 heavy (non-hydrogen) atoms. The van der Waals surface area contributed by atoms with Crippen LogP contribution in [0.2, 0.25) is 0 Å². The van der Waals surface area contributed by atoms with Crippen molar-refractivity contribution in [1.29, 1.82) is 0 Å². The Labute approximate surface area is 230 Å². The van der Waals surface area contributed by atoms with Gasteiger partial charge in [0, 0.05) is 25.5 Å². The van der Waals surface area contributed by atoms with Crippen LogP contribution >= 0.6 is 0 Å². The fourth-order valence-electron chi connectivity index (χ4n) is 4.28. The molecule has 0 radical (unpaired) electrons. The van der Waals surface area contributed by atoms with E-state index in [1.807, 2.05) is 19.1 Å². The van der Waals surface area contributed by atoms with Gasteiger partial charge in [-0.15, -0.1) is 0 Å². The molecule has 1 aromatic carbocycles. The summed E-state index contributed by atoms with van der Waals surface area (Å²) in [5.74, 6) is -2.50. The Morgan fingerprint density at radius 3 is 2.23 bits per heavy atom. The van der Waals surface area contributed by atoms with E-state index in [1.54, 1.807) is 13.0 Å². The molecule has 0 saturated heterocycles. The predicted molar refractivity (Wildman–Crippen MR) is 150 cm³/mol. The van der Waals surface area contributed by atoms with Crippen LogP contribution in [-0.4, -0.2) is 30.3 Å². The van der Waals surface area contributed by atoms with Crippen LogP contribution in [0.1, 0.15) is 78.1 Å². The highest BCUT2D eigenvalue weighted by Gasteiger charge is 2.26. The highest BCUT2D eigenvalue weighted by molar-refractivity contribution is 5.99. The third kappa shape index (κ3) is 10.3. The Morgan fingerprint density at radius 1 is 0.923 bits per heavy atom. The Morgan fingerprint density at radius 2 is 1.59 bits per heavy atom. The van der Waals surface area contributed by atoms with E-state index in [9.17, 15) is 19.2 Å². The summed E-state index contributed by atoms with van der Waals surface area (Å²) in [5.41, 5.74) is 4.92. The summed E-state index contributed by atoms with van der Waals surface area (Å²) < 4.78 is 15.1. The van der Waals surface area contributed by atoms with E-state index in [1.165, 1.54) is 62.1 Å². The van der Waals surface area contributed by atoms with Crippen molar-refractivity contribution in [2.45, 2.75) is 67.7 Å². The third-order valence-electron chi connectivity index (χ3n) is 6.24. The van der Waals surface area contributed by atoms with Gasteiger partial charge in [0.1, 0.15) is 0 Å². The van der Waals surface area contributed by atoms with Crippen LogP contribution in [0.4, 0.5) is 0 Å². The molecule has 0 aliphatic heterocycles. The molecule has 1 aromatic rings. The summed E-state index contributed by atoms with van der Waals surface area (Å²) in [6.45, 7) is 12.4. The van der Waals surface area contributed by atoms with Gasteiger partial charge in [-0.05, 0) is 74.8 Å². The molecule has 208 valence electrons. The van der Waals surface area contributed by atoms with Crippen molar-refractivity contribution in [2.75, 3.05) is 6.61 Å². The number of carbonyl (C=O) groups is 4. The number of benzene rings is 1. The minimum absolute atomic E-state index is 0.00129. The molecule has 0 atom stereocenters. The van der Waals surface area contributed by atoms with Gasteiger partial charge < -0.3 is 14.2 Å². The molecule has 0 spiro atoms. The molecule has 0 fully saturated rings. The first kappa shape index (κ1) is 31.2. The molecule has 0 unspecified atom stereocenters. The predicted octanol–water partition coefficient (Wildman–Crippen LogP) is 6.79. The largest absolute Gasteiger partial charge is 0.454 e. The van der Waals surface area contributed by atoms with Crippen molar-refractivity contribution in [1.82, 2.24) is 0 Å². The SMILES string of the molecule is CC(=O)Oc1ccc(C(=O)COC(=O)C=C(C)C=CC=C(C)C=CC2=C(C)CCCC2(C)C)cc1OC(C)=O. The maximum Gasteiger partial charge on any atom is 0.331 e. The van der Waals surface area contributed by atoms with Crippen LogP contribution < -0.4 is 9.47 Å². The number of hydrogen-bond acceptors (Lipinski definition) is 7. The van der Waals surface area contributed by atoms with E-state index in [0.717, 1.165) is 12.0 Å². The third-order valence-corrected chi connectivity index (χ3v) is 6.24. The zero-order chi connectivity index (χ0) is 29.2. The lowest BCUT2D eigenvalue weighted by atomic mass is 9.72. The molecule has 0 heterocycles. The molecule has 2 rings (SSSR count). The van der Waals surface area contributed by atoms with Crippen LogP contribution in [0.25, 0.3) is 0 Å². The van der Waals surface area contributed by atoms with Gasteiger partial charge >= 0.3 is 17.9 Å². The molecule has 7 nitrogen and oxygen atoms in total. The number of rotatable bonds is 10. The lowest BCUT2D eigenvalue weighted by Gasteiger charge is -2.32. The van der Waals surface area contributed by atoms with Crippen LogP contribution in [0.15, 0.2) is 76.9 Å². The Balaban J connectivity index is 1.97. The van der Waals surface area contributed by atoms with E-state index >= 15 is 0 Å². The maximum absolute atomic E-state index is 12.5. The number of ether oxygens (including phenoxy) is 3. The van der Waals surface area contributed by atoms with E-state index < -0.39 is 30.3 Å². The van der Waals surface area contributed by atoms with Crippen LogP contribution in [0.3, 0.4) is 0 Å². The number of Topliss-reactive ketones (excluding diaryl/α,β-unsaturated/α-hetero) is 1. The molecule has 0 saturated carbocycles. The zero-order valence-corrected chi connectivity index (χ0v) is 23.9. The second kappa shape index (κ2) is 14.2. The van der Waals surface area contributed by atoms with E-state index in [4.69, 9.17) is 14.2 Å². The summed E-state index contributed by atoms with van der Waals surface area (Å²) in [7, 11) is 0. The number of carbonyl (C=O) groups excluding carboxylic acids is 4. The lowest BCUT2D eigenvalue weighted by molar-refractivity contribution is -0.136. The molecule has 0 amide bonds. The second-order valence-electron chi connectivity index (χ2n) is 10.3. The van der Waals surface area contributed by atoms with E-state index in [0.29, 0.717) is 5.57 Å². The highest BCUT2D eigenvalue weighted by atomic mass is 16.6. The fourth-order valence-corrected chi connectivity index (χ4v) is 4.28. The Kier molecular flexibility index (Phi) is 11.4. The molecule has 1 aliphatic rings. The minimum atomic E-state index is -0.662. The summed E-state index contributed by atoms with van der Waals surface area (Å²) in [5, 5.41) is 0. The van der Waals surface area contributed by atoms with Crippen molar-refractivity contribution < 1.29 is 33.4 Å². The Hall–Kier alpha value is -4.00. The summed E-state index contributed by atoms with van der Waals surface area (Å²) in [6, 6.07) is 3.99. The van der Waals surface area contributed by atoms with Crippen molar-refractivity contribution in [3.8, 4) is 11.5 Å². The van der Waals surface area contributed by atoms with Gasteiger partial charge in [0.2, 0.25) is 0 Å². The molecule has 7 heteroatoms. The Bertz CT molecular complexity index is 1270. The number of esters is 3. The second-order valence-corrected chi connectivity index (χ2v) is 10.3. The van der Waals surface area contributed by atoms with Crippen molar-refractivity contribution >= 4 is 23.7 Å². The van der Waals surface area contributed by atoms with Crippen LogP contribution in [0, 0.1) is 5.41 Å². The monoisotopic (exact) mass is 534 g/mol. The summed E-state index contributed by atoms with van der Waals surface area (Å²) in [4.78, 5) is 47.3. The van der Waals surface area contributed by atoms with Gasteiger partial charge in [0.25, 0.3) is 0 Å². The molecular formula is C32H38O7. The number of hydrogen-bond donors (Lipinski definition) is 0. The lowest BCUT2D eigenvalue weighted by Crippen LogP contribution is -2.19. The minimum Gasteiger partial charge on any atom is -0.454 e. The topological polar surface area (TPSA) is 96.0 Å². The maximum atomic E-state index is 12.5. The standard InChI is InChI=1S/C32H38O7/c1-21(13-15-27-23(3)12-9-17-32(27,6)7)10-8-11-22(2)18-31(36)37-20-28(35)26-14-16-29(38-24(4)33)30(19-26)39-25(5)34/h8,10-11,13-16,18-19H,9,12,17,20H2,1-7H3. The first-order valence-corrected chi connectivity index (χ1v) is 12.9. The van der Waals surface area contributed by atoms with Gasteiger partial charge in [-0.2, -0.15) is 0 Å². The normalized spacial score (nSPS) is 16.0. The molecule has 1 aliphatic carbocycles. The van der Waals surface area contributed by atoms with Gasteiger partial charge in [0.05, 0.1) is 0 Å². The van der Waals surface area contributed by atoms with Gasteiger partial charge in [0.15, 0.2) is 23.9 Å². The number of allylic oxidation sites excluding steroid dienone is 9. The van der Waals surface area contributed by atoms with Gasteiger partial charge in [-0.25, -0.2) is 4.79 Å². The first-order chi connectivity index (χ1) is 18.3. The molecule has 0 aromatic heterocycles. The summed E-state index contributed by atoms with van der Waals surface area (Å²) in [6.07, 6.45) is 14.8. The fraction of sp³-hybridized carbons (Fsp3) is 0.375. The van der Waals surface area contributed by atoms with Gasteiger partial charge in [-0.3, -0.25) is 14.4 Å². The van der Waals surface area contributed by atoms with Crippen molar-refractivity contribution in [2.24, 2.45) is 5.41 Å². The smallest absolute Gasteiger partial charge is 0.331 e. The molecular weight excluding hydrogens is 496 g/mol. The van der Waals surface area contributed by atoms with Crippen LogP contribution in [-0.2, 0) is 19.1 Å². The molecule has 0 bridgehead atoms. The van der Waals surface area contributed by atoms with Gasteiger partial charge in [-0.1, -0.05) is 55.4 Å². The first-order valence-electron chi connectivity index (χ1n) is 12.9. The van der Waals surface area contributed by atoms with E-state index in [2.05, 4.69) is 32.9 Å². The van der Waals surface area contributed by atoms with Crippen molar-refractivity contribution in [3.63, 3.8) is 0 Å². The quantitative estimate of drug-likeness (QED) is 0.107. The highest BCUT2D eigenvalue weighted by Crippen LogP contribution is 2.40. The average Bonchev–Trinajstić information content (AvgIpc) is 2.82. The number of ketones is 1. The van der Waals surface area contributed by atoms with Crippen LogP contribution in [0.5, 0.6) is 11.5 Å². The van der Waals surface area contributed by atoms with Crippen molar-refractivity contribution in [3.05, 3.63) is 82.5 Å².